The lowest BCUT2D eigenvalue weighted by atomic mass is 10.2. The van der Waals surface area contributed by atoms with Gasteiger partial charge in [0.05, 0.1) is 0 Å². The minimum Gasteiger partial charge on any atom is -0.326 e. The van der Waals surface area contributed by atoms with Gasteiger partial charge in [-0.3, -0.25) is 0 Å². The molecule has 0 aliphatic rings. The van der Waals surface area contributed by atoms with E-state index >= 15 is 0 Å². The summed E-state index contributed by atoms with van der Waals surface area (Å²) in [5, 5.41) is 0. The summed E-state index contributed by atoms with van der Waals surface area (Å²) in [4.78, 5) is 0. The highest BCUT2D eigenvalue weighted by Gasteiger charge is 1.94. The molecule has 0 saturated heterocycles. The molecule has 0 radical (unpaired) electrons. The second-order valence-electron chi connectivity index (χ2n) is 3.96. The van der Waals surface area contributed by atoms with E-state index in [0.717, 1.165) is 29.0 Å². The maximum atomic E-state index is 5.45. The quantitative estimate of drug-likeness (QED) is 0.552. The zero-order valence-corrected chi connectivity index (χ0v) is 16.9. The van der Waals surface area contributed by atoms with E-state index in [1.807, 2.05) is 36.4 Å². The lowest BCUT2D eigenvalue weighted by molar-refractivity contribution is 1.07. The molecule has 0 bridgehead atoms. The Hall–Kier alpha value is 0.280. The van der Waals surface area contributed by atoms with Crippen LogP contribution in [0.5, 0.6) is 0 Å². The first-order valence-corrected chi connectivity index (χ1v) is 8.92. The van der Waals surface area contributed by atoms with Crippen molar-refractivity contribution in [1.29, 1.82) is 0 Å². The number of benzene rings is 2. The third-order valence-corrected chi connectivity index (χ3v) is 4.15. The van der Waals surface area contributed by atoms with Gasteiger partial charge < -0.3 is 11.5 Å². The van der Waals surface area contributed by atoms with Crippen molar-refractivity contribution in [3.8, 4) is 0 Å². The number of hydrogen-bond donors (Lipinski definition) is 2. The van der Waals surface area contributed by atoms with Crippen molar-refractivity contribution in [3.05, 3.63) is 65.4 Å². The standard InChI is InChI=1S/2C7H7Br2N/c2*8-6-1-5(4-10)2-7(9)3-6/h2*1-3H,4,10H2. The lowest BCUT2D eigenvalue weighted by Crippen LogP contribution is -1.95. The zero-order valence-electron chi connectivity index (χ0n) is 10.5. The molecule has 0 unspecified atom stereocenters. The molecule has 0 aliphatic carbocycles. The Bertz CT molecular complexity index is 481. The van der Waals surface area contributed by atoms with Gasteiger partial charge in [-0.05, 0) is 47.5 Å². The maximum absolute atomic E-state index is 5.45. The third kappa shape index (κ3) is 6.83. The Morgan fingerprint density at radius 1 is 0.550 bits per heavy atom. The molecule has 2 rings (SSSR count). The fourth-order valence-electron chi connectivity index (χ4n) is 1.46. The molecule has 0 heterocycles. The van der Waals surface area contributed by atoms with Crippen LogP contribution in [-0.2, 0) is 13.1 Å². The Kier molecular flexibility index (Phi) is 8.55. The van der Waals surface area contributed by atoms with Crippen LogP contribution in [0.25, 0.3) is 0 Å². The van der Waals surface area contributed by atoms with E-state index in [4.69, 9.17) is 11.5 Å². The summed E-state index contributed by atoms with van der Waals surface area (Å²) in [6, 6.07) is 12.0. The normalized spacial score (nSPS) is 9.90. The molecule has 2 aromatic carbocycles. The average molecular weight is 530 g/mol. The van der Waals surface area contributed by atoms with E-state index in [1.165, 1.54) is 0 Å². The van der Waals surface area contributed by atoms with Crippen LogP contribution in [0.1, 0.15) is 11.1 Å². The average Bonchev–Trinajstić information content (AvgIpc) is 2.37. The highest BCUT2D eigenvalue weighted by atomic mass is 79.9. The molecule has 0 atom stereocenters. The summed E-state index contributed by atoms with van der Waals surface area (Å²) in [7, 11) is 0. The monoisotopic (exact) mass is 526 g/mol. The van der Waals surface area contributed by atoms with E-state index in [1.54, 1.807) is 0 Å². The van der Waals surface area contributed by atoms with Gasteiger partial charge in [0.1, 0.15) is 0 Å². The fourth-order valence-corrected chi connectivity index (χ4v) is 4.23. The van der Waals surface area contributed by atoms with Crippen molar-refractivity contribution in [2.75, 3.05) is 0 Å². The maximum Gasteiger partial charge on any atom is 0.0189 e. The number of halogens is 4. The Balaban J connectivity index is 0.000000200. The molecule has 2 aromatic rings. The second kappa shape index (κ2) is 9.33. The number of rotatable bonds is 2. The zero-order chi connectivity index (χ0) is 15.1. The first-order chi connectivity index (χ1) is 9.44. The summed E-state index contributed by atoms with van der Waals surface area (Å²) < 4.78 is 4.23. The van der Waals surface area contributed by atoms with Crippen molar-refractivity contribution in [2.24, 2.45) is 11.5 Å². The van der Waals surface area contributed by atoms with Crippen LogP contribution in [-0.4, -0.2) is 0 Å². The Morgan fingerprint density at radius 3 is 1.00 bits per heavy atom. The topological polar surface area (TPSA) is 52.0 Å². The van der Waals surface area contributed by atoms with Crippen LogP contribution in [0, 0.1) is 0 Å². The third-order valence-electron chi connectivity index (χ3n) is 2.32. The molecule has 0 amide bonds. The van der Waals surface area contributed by atoms with Crippen molar-refractivity contribution < 1.29 is 0 Å². The van der Waals surface area contributed by atoms with E-state index in [0.29, 0.717) is 13.1 Å². The first-order valence-electron chi connectivity index (χ1n) is 5.74. The molecule has 108 valence electrons. The molecule has 6 heteroatoms. The minimum absolute atomic E-state index is 0.581. The smallest absolute Gasteiger partial charge is 0.0189 e. The molecular weight excluding hydrogens is 516 g/mol. The SMILES string of the molecule is NCc1cc(Br)cc(Br)c1.NCc1cc(Br)cc(Br)c1. The van der Waals surface area contributed by atoms with Gasteiger partial charge in [-0.15, -0.1) is 0 Å². The first kappa shape index (κ1) is 18.3. The van der Waals surface area contributed by atoms with Gasteiger partial charge in [-0.25, -0.2) is 0 Å². The number of hydrogen-bond acceptors (Lipinski definition) is 2. The van der Waals surface area contributed by atoms with Crippen molar-refractivity contribution in [3.63, 3.8) is 0 Å². The molecular formula is C14H14Br4N2. The highest BCUT2D eigenvalue weighted by Crippen LogP contribution is 2.20. The van der Waals surface area contributed by atoms with Gasteiger partial charge in [0.25, 0.3) is 0 Å². The van der Waals surface area contributed by atoms with Crippen LogP contribution < -0.4 is 11.5 Å². The highest BCUT2D eigenvalue weighted by molar-refractivity contribution is 9.11. The summed E-state index contributed by atoms with van der Waals surface area (Å²) in [5.41, 5.74) is 13.1. The molecule has 20 heavy (non-hydrogen) atoms. The van der Waals surface area contributed by atoms with Gasteiger partial charge in [0, 0.05) is 31.0 Å². The predicted molar refractivity (Wildman–Crippen MR) is 99.5 cm³/mol. The Morgan fingerprint density at radius 2 is 0.800 bits per heavy atom. The molecule has 0 spiro atoms. The van der Waals surface area contributed by atoms with E-state index in [-0.39, 0.29) is 0 Å². The molecule has 0 saturated carbocycles. The number of nitrogens with two attached hydrogens (primary N) is 2. The summed E-state index contributed by atoms with van der Waals surface area (Å²) >= 11 is 13.5. The second-order valence-corrected chi connectivity index (χ2v) is 7.63. The van der Waals surface area contributed by atoms with E-state index < -0.39 is 0 Å². The largest absolute Gasteiger partial charge is 0.326 e. The van der Waals surface area contributed by atoms with Crippen LogP contribution in [0.4, 0.5) is 0 Å². The molecule has 4 N–H and O–H groups in total. The predicted octanol–water partition coefficient (Wildman–Crippen LogP) is 5.34. The van der Waals surface area contributed by atoms with Gasteiger partial charge in [0.15, 0.2) is 0 Å². The van der Waals surface area contributed by atoms with Crippen LogP contribution in [0.2, 0.25) is 0 Å². The molecule has 0 aliphatic heterocycles. The molecule has 0 fully saturated rings. The summed E-state index contributed by atoms with van der Waals surface area (Å²) in [6.45, 7) is 1.16. The lowest BCUT2D eigenvalue weighted by Gasteiger charge is -1.98. The van der Waals surface area contributed by atoms with Crippen molar-refractivity contribution >= 4 is 63.7 Å². The van der Waals surface area contributed by atoms with Crippen LogP contribution in [0.15, 0.2) is 54.3 Å². The van der Waals surface area contributed by atoms with Crippen LogP contribution in [0.3, 0.4) is 0 Å². The summed E-state index contributed by atoms with van der Waals surface area (Å²) in [6.07, 6.45) is 0. The Labute approximate surface area is 152 Å². The fraction of sp³-hybridized carbons (Fsp3) is 0.143. The van der Waals surface area contributed by atoms with Crippen molar-refractivity contribution in [2.45, 2.75) is 13.1 Å². The molecule has 0 aromatic heterocycles. The minimum atomic E-state index is 0.581. The molecule has 2 nitrogen and oxygen atoms in total. The van der Waals surface area contributed by atoms with E-state index in [2.05, 4.69) is 63.7 Å². The van der Waals surface area contributed by atoms with Crippen LogP contribution >= 0.6 is 63.7 Å². The van der Waals surface area contributed by atoms with Gasteiger partial charge in [0.2, 0.25) is 0 Å². The van der Waals surface area contributed by atoms with Gasteiger partial charge >= 0.3 is 0 Å². The van der Waals surface area contributed by atoms with Crippen molar-refractivity contribution in [1.82, 2.24) is 0 Å². The summed E-state index contributed by atoms with van der Waals surface area (Å²) in [5.74, 6) is 0. The van der Waals surface area contributed by atoms with Gasteiger partial charge in [-0.1, -0.05) is 63.7 Å². The van der Waals surface area contributed by atoms with E-state index in [9.17, 15) is 0 Å². The van der Waals surface area contributed by atoms with Gasteiger partial charge in [-0.2, -0.15) is 0 Å².